The molecular formula is C12H15ClN4. The summed E-state index contributed by atoms with van der Waals surface area (Å²) in [6, 6.07) is 2.14. The van der Waals surface area contributed by atoms with Gasteiger partial charge in [-0.2, -0.15) is 5.10 Å². The van der Waals surface area contributed by atoms with Crippen molar-refractivity contribution in [3.05, 3.63) is 35.3 Å². The molecule has 2 aromatic rings. The van der Waals surface area contributed by atoms with E-state index in [1.807, 2.05) is 19.4 Å². The normalized spacial score (nSPS) is 13.3. The van der Waals surface area contributed by atoms with Crippen LogP contribution in [0, 0.1) is 6.92 Å². The Morgan fingerprint density at radius 3 is 2.88 bits per heavy atom. The smallest absolute Gasteiger partial charge is 0.0740 e. The first-order valence-electron chi connectivity index (χ1n) is 5.43. The molecule has 0 saturated heterocycles. The Morgan fingerprint density at radius 2 is 2.18 bits per heavy atom. The molecule has 2 aromatic heterocycles. The third kappa shape index (κ3) is 2.06. The van der Waals surface area contributed by atoms with Gasteiger partial charge in [-0.15, -0.1) is 12.4 Å². The van der Waals surface area contributed by atoms with Gasteiger partial charge in [-0.1, -0.05) is 0 Å². The van der Waals surface area contributed by atoms with Crippen LogP contribution in [0.15, 0.2) is 18.5 Å². The minimum absolute atomic E-state index is 0. The zero-order chi connectivity index (χ0) is 11.1. The highest BCUT2D eigenvalue weighted by atomic mass is 35.5. The van der Waals surface area contributed by atoms with Gasteiger partial charge < -0.3 is 5.32 Å². The van der Waals surface area contributed by atoms with Crippen molar-refractivity contribution < 1.29 is 0 Å². The zero-order valence-corrected chi connectivity index (χ0v) is 10.7. The van der Waals surface area contributed by atoms with E-state index in [-0.39, 0.29) is 12.4 Å². The number of halogens is 1. The van der Waals surface area contributed by atoms with Gasteiger partial charge in [-0.3, -0.25) is 9.67 Å². The van der Waals surface area contributed by atoms with E-state index in [0.717, 1.165) is 24.3 Å². The van der Waals surface area contributed by atoms with Crippen LogP contribution < -0.4 is 5.32 Å². The van der Waals surface area contributed by atoms with Gasteiger partial charge in [0, 0.05) is 31.9 Å². The van der Waals surface area contributed by atoms with E-state index >= 15 is 0 Å². The number of hydrogen-bond donors (Lipinski definition) is 1. The third-order valence-corrected chi connectivity index (χ3v) is 3.03. The van der Waals surface area contributed by atoms with E-state index < -0.39 is 0 Å². The summed E-state index contributed by atoms with van der Waals surface area (Å²) >= 11 is 0. The summed E-state index contributed by atoms with van der Waals surface area (Å²) in [6.45, 7) is 3.97. The molecule has 0 atom stereocenters. The maximum Gasteiger partial charge on any atom is 0.0740 e. The molecule has 0 radical (unpaired) electrons. The molecule has 0 unspecified atom stereocenters. The number of rotatable bonds is 1. The van der Waals surface area contributed by atoms with Crippen molar-refractivity contribution in [2.24, 2.45) is 7.05 Å². The Hall–Kier alpha value is -1.39. The zero-order valence-electron chi connectivity index (χ0n) is 9.90. The predicted molar refractivity (Wildman–Crippen MR) is 69.0 cm³/mol. The van der Waals surface area contributed by atoms with Crippen LogP contribution in [-0.2, 0) is 20.1 Å². The maximum atomic E-state index is 4.68. The number of aryl methyl sites for hydroxylation is 2. The SMILES string of the molecule is Cc1cc(-c2cnn(C)c2)nc2c1CNC2.Cl. The monoisotopic (exact) mass is 250 g/mol. The summed E-state index contributed by atoms with van der Waals surface area (Å²) in [4.78, 5) is 4.68. The molecule has 3 heterocycles. The van der Waals surface area contributed by atoms with Gasteiger partial charge in [0.2, 0.25) is 0 Å². The van der Waals surface area contributed by atoms with Gasteiger partial charge in [0.1, 0.15) is 0 Å². The molecule has 0 spiro atoms. The molecule has 1 N–H and O–H groups in total. The molecule has 0 aromatic carbocycles. The summed E-state index contributed by atoms with van der Waals surface area (Å²) in [5.41, 5.74) is 5.95. The lowest BCUT2D eigenvalue weighted by Gasteiger charge is -2.05. The molecule has 90 valence electrons. The van der Waals surface area contributed by atoms with Gasteiger partial charge >= 0.3 is 0 Å². The van der Waals surface area contributed by atoms with E-state index in [1.54, 1.807) is 4.68 Å². The summed E-state index contributed by atoms with van der Waals surface area (Å²) in [7, 11) is 1.92. The Morgan fingerprint density at radius 1 is 1.35 bits per heavy atom. The van der Waals surface area contributed by atoms with Crippen molar-refractivity contribution >= 4 is 12.4 Å². The lowest BCUT2D eigenvalue weighted by molar-refractivity contribution is 0.757. The Bertz CT molecular complexity index is 547. The number of hydrogen-bond acceptors (Lipinski definition) is 3. The number of aromatic nitrogens is 3. The highest BCUT2D eigenvalue weighted by molar-refractivity contribution is 5.85. The van der Waals surface area contributed by atoms with Crippen molar-refractivity contribution in [3.8, 4) is 11.3 Å². The third-order valence-electron chi connectivity index (χ3n) is 3.03. The van der Waals surface area contributed by atoms with Crippen molar-refractivity contribution in [1.29, 1.82) is 0 Å². The number of fused-ring (bicyclic) bond motifs is 1. The summed E-state index contributed by atoms with van der Waals surface area (Å²) in [5, 5.41) is 7.51. The van der Waals surface area contributed by atoms with Gasteiger partial charge in [-0.25, -0.2) is 0 Å². The van der Waals surface area contributed by atoms with Crippen molar-refractivity contribution in [3.63, 3.8) is 0 Å². The Labute approximate surface area is 106 Å². The Balaban J connectivity index is 0.00000108. The summed E-state index contributed by atoms with van der Waals surface area (Å²) in [5.74, 6) is 0. The fraction of sp³-hybridized carbons (Fsp3) is 0.333. The fourth-order valence-electron chi connectivity index (χ4n) is 2.16. The van der Waals surface area contributed by atoms with Crippen molar-refractivity contribution in [2.75, 3.05) is 0 Å². The minimum atomic E-state index is 0. The highest BCUT2D eigenvalue weighted by Crippen LogP contribution is 2.24. The molecule has 0 aliphatic carbocycles. The molecular weight excluding hydrogens is 236 g/mol. The molecule has 0 bridgehead atoms. The molecule has 0 saturated carbocycles. The molecule has 17 heavy (non-hydrogen) atoms. The van der Waals surface area contributed by atoms with Crippen LogP contribution >= 0.6 is 12.4 Å². The minimum Gasteiger partial charge on any atom is -0.307 e. The second-order valence-corrected chi connectivity index (χ2v) is 4.26. The van der Waals surface area contributed by atoms with E-state index in [4.69, 9.17) is 0 Å². The second-order valence-electron chi connectivity index (χ2n) is 4.26. The molecule has 4 nitrogen and oxygen atoms in total. The molecule has 0 fully saturated rings. The molecule has 0 amide bonds. The van der Waals surface area contributed by atoms with E-state index in [9.17, 15) is 0 Å². The van der Waals surface area contributed by atoms with E-state index in [2.05, 4.69) is 28.4 Å². The quantitative estimate of drug-likeness (QED) is 0.840. The van der Waals surface area contributed by atoms with Crippen LogP contribution in [0.5, 0.6) is 0 Å². The Kier molecular flexibility index (Phi) is 3.17. The fourth-order valence-corrected chi connectivity index (χ4v) is 2.16. The number of nitrogens with zero attached hydrogens (tertiary/aromatic N) is 3. The standard InChI is InChI=1S/C12H14N4.ClH/c1-8-3-11(9-4-14-16(2)7-9)15-12-6-13-5-10(8)12;/h3-4,7,13H,5-6H2,1-2H3;1H. The number of nitrogens with one attached hydrogen (secondary N) is 1. The van der Waals surface area contributed by atoms with Crippen LogP contribution in [-0.4, -0.2) is 14.8 Å². The lowest BCUT2D eigenvalue weighted by atomic mass is 10.1. The first-order chi connectivity index (χ1) is 7.74. The largest absolute Gasteiger partial charge is 0.307 e. The first-order valence-corrected chi connectivity index (χ1v) is 5.43. The van der Waals surface area contributed by atoms with E-state index in [1.165, 1.54) is 16.8 Å². The first kappa shape index (κ1) is 12.1. The lowest BCUT2D eigenvalue weighted by Crippen LogP contribution is -2.00. The van der Waals surface area contributed by atoms with Gasteiger partial charge in [0.05, 0.1) is 17.6 Å². The van der Waals surface area contributed by atoms with Crippen LogP contribution in [0.2, 0.25) is 0 Å². The number of pyridine rings is 1. The van der Waals surface area contributed by atoms with Crippen LogP contribution in [0.4, 0.5) is 0 Å². The second kappa shape index (κ2) is 4.47. The summed E-state index contributed by atoms with van der Waals surface area (Å²) < 4.78 is 1.80. The van der Waals surface area contributed by atoms with E-state index in [0.29, 0.717) is 0 Å². The van der Waals surface area contributed by atoms with Crippen LogP contribution in [0.3, 0.4) is 0 Å². The summed E-state index contributed by atoms with van der Waals surface area (Å²) in [6.07, 6.45) is 3.85. The van der Waals surface area contributed by atoms with Gasteiger partial charge in [0.15, 0.2) is 0 Å². The molecule has 1 aliphatic heterocycles. The van der Waals surface area contributed by atoms with Crippen molar-refractivity contribution in [2.45, 2.75) is 20.0 Å². The molecule has 1 aliphatic rings. The average molecular weight is 251 g/mol. The maximum absolute atomic E-state index is 4.68. The molecule has 3 rings (SSSR count). The predicted octanol–water partition coefficient (Wildman–Crippen LogP) is 1.82. The van der Waals surface area contributed by atoms with Crippen LogP contribution in [0.1, 0.15) is 16.8 Å². The molecule has 5 heteroatoms. The van der Waals surface area contributed by atoms with Crippen LogP contribution in [0.25, 0.3) is 11.3 Å². The van der Waals surface area contributed by atoms with Crippen molar-refractivity contribution in [1.82, 2.24) is 20.1 Å². The topological polar surface area (TPSA) is 42.7 Å². The van der Waals surface area contributed by atoms with Gasteiger partial charge in [0.25, 0.3) is 0 Å². The van der Waals surface area contributed by atoms with Gasteiger partial charge in [-0.05, 0) is 24.1 Å². The average Bonchev–Trinajstić information content (AvgIpc) is 2.85. The highest BCUT2D eigenvalue weighted by Gasteiger charge is 2.16.